The predicted molar refractivity (Wildman–Crippen MR) is 333 cm³/mol. The Kier molecular flexibility index (Phi) is 45.9. The number of aliphatic hydroxyl groups is 11. The molecule has 3 rings (SSSR count). The first kappa shape index (κ1) is 78.8. The standard InChI is InChI=1S/C67H127NO18/c1-3-5-7-9-11-13-15-17-19-21-22-23-24-25-26-27-29-30-32-34-36-38-40-42-44-51(72)50(68-55(73)45-43-41-39-37-35-33-31-28-20-18-16-14-12-10-8-6-4-2)49-81-65-61(79)58(76)63(53(47-70)83-65)86-67-62(80)59(77)64(54(48-71)84-67)85-66-60(78)57(75)56(74)52(46-69)82-66/h18,20,50-54,56-67,69-72,74-80H,3-17,19,21-49H2,1-2H3,(H,68,73)/b20-18-. The summed E-state index contributed by atoms with van der Waals surface area (Å²) in [5, 5.41) is 121. The second kappa shape index (κ2) is 50.1. The largest absolute Gasteiger partial charge is 0.394 e. The summed E-state index contributed by atoms with van der Waals surface area (Å²) in [6.07, 6.45) is 27.2. The molecule has 508 valence electrons. The van der Waals surface area contributed by atoms with Crippen molar-refractivity contribution in [3.63, 3.8) is 0 Å². The van der Waals surface area contributed by atoms with Gasteiger partial charge in [-0.15, -0.1) is 0 Å². The van der Waals surface area contributed by atoms with Gasteiger partial charge in [-0.1, -0.05) is 244 Å². The van der Waals surface area contributed by atoms with Crippen molar-refractivity contribution in [3.05, 3.63) is 12.2 Å². The van der Waals surface area contributed by atoms with Crippen molar-refractivity contribution >= 4 is 5.91 Å². The number of hydrogen-bond donors (Lipinski definition) is 12. The molecule has 0 aromatic carbocycles. The van der Waals surface area contributed by atoms with Crippen molar-refractivity contribution in [2.75, 3.05) is 26.4 Å². The van der Waals surface area contributed by atoms with Crippen LogP contribution in [0, 0.1) is 0 Å². The van der Waals surface area contributed by atoms with E-state index in [2.05, 4.69) is 31.3 Å². The van der Waals surface area contributed by atoms with Crippen molar-refractivity contribution in [1.29, 1.82) is 0 Å². The number of allylic oxidation sites excluding steroid dienone is 2. The zero-order valence-electron chi connectivity index (χ0n) is 53.6. The van der Waals surface area contributed by atoms with Gasteiger partial charge in [0.2, 0.25) is 5.91 Å². The van der Waals surface area contributed by atoms with E-state index >= 15 is 0 Å². The van der Waals surface area contributed by atoms with Gasteiger partial charge in [-0.3, -0.25) is 4.79 Å². The van der Waals surface area contributed by atoms with E-state index in [0.717, 1.165) is 57.8 Å². The van der Waals surface area contributed by atoms with Crippen LogP contribution in [0.4, 0.5) is 0 Å². The highest BCUT2D eigenvalue weighted by Gasteiger charge is 2.53. The normalized spacial score (nSPS) is 28.8. The van der Waals surface area contributed by atoms with Crippen LogP contribution in [0.1, 0.15) is 277 Å². The molecule has 3 fully saturated rings. The Morgan fingerprint density at radius 2 is 0.733 bits per heavy atom. The fraction of sp³-hybridized carbons (Fsp3) is 0.955. The summed E-state index contributed by atoms with van der Waals surface area (Å²) in [6.45, 7) is 1.82. The molecule has 17 atom stereocenters. The number of aliphatic hydroxyl groups excluding tert-OH is 11. The minimum absolute atomic E-state index is 0.243. The van der Waals surface area contributed by atoms with Crippen molar-refractivity contribution in [3.8, 4) is 0 Å². The highest BCUT2D eigenvalue weighted by atomic mass is 16.8. The van der Waals surface area contributed by atoms with Crippen LogP contribution in [-0.4, -0.2) is 193 Å². The second-order valence-corrected chi connectivity index (χ2v) is 25.3. The number of nitrogens with one attached hydrogen (secondary N) is 1. The Morgan fingerprint density at radius 3 is 1.13 bits per heavy atom. The first-order valence-electron chi connectivity index (χ1n) is 34.9. The summed E-state index contributed by atoms with van der Waals surface area (Å²) < 4.78 is 34.4. The second-order valence-electron chi connectivity index (χ2n) is 25.3. The van der Waals surface area contributed by atoms with Crippen LogP contribution in [0.15, 0.2) is 12.2 Å². The predicted octanol–water partition coefficient (Wildman–Crippen LogP) is 8.89. The number of rotatable bonds is 54. The molecule has 19 nitrogen and oxygen atoms in total. The van der Waals surface area contributed by atoms with Crippen molar-refractivity contribution < 1.29 is 89.4 Å². The zero-order valence-corrected chi connectivity index (χ0v) is 53.6. The molecule has 19 heteroatoms. The maximum atomic E-state index is 13.4. The van der Waals surface area contributed by atoms with Gasteiger partial charge < -0.3 is 89.9 Å². The summed E-state index contributed by atoms with van der Waals surface area (Å²) in [5.74, 6) is -0.243. The summed E-state index contributed by atoms with van der Waals surface area (Å²) in [6, 6.07) is -0.887. The van der Waals surface area contributed by atoms with Gasteiger partial charge in [0.25, 0.3) is 0 Å². The molecule has 0 saturated carbocycles. The van der Waals surface area contributed by atoms with E-state index in [1.165, 1.54) is 186 Å². The van der Waals surface area contributed by atoms with Crippen LogP contribution >= 0.6 is 0 Å². The highest BCUT2D eigenvalue weighted by Crippen LogP contribution is 2.33. The monoisotopic (exact) mass is 1230 g/mol. The number of amides is 1. The van der Waals surface area contributed by atoms with Crippen LogP contribution in [0.5, 0.6) is 0 Å². The van der Waals surface area contributed by atoms with E-state index in [1.807, 2.05) is 0 Å². The third-order valence-electron chi connectivity index (χ3n) is 17.8. The Labute approximate surface area is 518 Å². The Morgan fingerprint density at radius 1 is 0.407 bits per heavy atom. The summed E-state index contributed by atoms with van der Waals surface area (Å²) >= 11 is 0. The maximum Gasteiger partial charge on any atom is 0.220 e. The molecule has 0 radical (unpaired) electrons. The first-order chi connectivity index (χ1) is 41.8. The SMILES string of the molecule is CCCCCCCC/C=C\CCCCCCCCCC(=O)NC(COC1OC(CO)C(OC2OC(CO)C(OC3OC(CO)C(O)C(O)C3O)C(O)C2O)C(O)C1O)C(O)CCCCCCCCCCCCCCCCCCCCCCCCCC. The lowest BCUT2D eigenvalue weighted by Crippen LogP contribution is -2.66. The molecule has 1 amide bonds. The quantitative estimate of drug-likeness (QED) is 0.0200. The van der Waals surface area contributed by atoms with Gasteiger partial charge in [-0.25, -0.2) is 0 Å². The van der Waals surface area contributed by atoms with Crippen LogP contribution in [0.2, 0.25) is 0 Å². The van der Waals surface area contributed by atoms with Crippen molar-refractivity contribution in [2.24, 2.45) is 0 Å². The van der Waals surface area contributed by atoms with Gasteiger partial charge in [0, 0.05) is 6.42 Å². The molecule has 0 bridgehead atoms. The minimum atomic E-state index is -1.97. The first-order valence-corrected chi connectivity index (χ1v) is 34.9. The van der Waals surface area contributed by atoms with E-state index < -0.39 is 124 Å². The lowest BCUT2D eigenvalue weighted by atomic mass is 9.96. The number of carbonyl (C=O) groups excluding carboxylic acids is 1. The van der Waals surface area contributed by atoms with E-state index in [1.54, 1.807) is 0 Å². The average molecular weight is 1230 g/mol. The fourth-order valence-corrected chi connectivity index (χ4v) is 12.1. The molecule has 0 aromatic rings. The summed E-state index contributed by atoms with van der Waals surface area (Å²) in [4.78, 5) is 13.4. The van der Waals surface area contributed by atoms with Crippen molar-refractivity contribution in [2.45, 2.75) is 381 Å². The van der Waals surface area contributed by atoms with Crippen LogP contribution in [0.3, 0.4) is 0 Å². The van der Waals surface area contributed by atoms with Gasteiger partial charge in [-0.05, 0) is 38.5 Å². The summed E-state index contributed by atoms with van der Waals surface area (Å²) in [7, 11) is 0. The Hall–Kier alpha value is -1.47. The molecular weight excluding hydrogens is 1110 g/mol. The molecule has 17 unspecified atom stereocenters. The minimum Gasteiger partial charge on any atom is -0.394 e. The highest BCUT2D eigenvalue weighted by molar-refractivity contribution is 5.76. The lowest BCUT2D eigenvalue weighted by Gasteiger charge is -2.48. The van der Waals surface area contributed by atoms with Crippen LogP contribution in [0.25, 0.3) is 0 Å². The van der Waals surface area contributed by atoms with E-state index in [9.17, 15) is 61.0 Å². The van der Waals surface area contributed by atoms with Gasteiger partial charge in [0.1, 0.15) is 73.2 Å². The third-order valence-corrected chi connectivity index (χ3v) is 17.8. The number of ether oxygens (including phenoxy) is 6. The summed E-state index contributed by atoms with van der Waals surface area (Å²) in [5.41, 5.74) is 0. The number of carbonyl (C=O) groups is 1. The molecule has 3 heterocycles. The van der Waals surface area contributed by atoms with E-state index in [4.69, 9.17) is 28.4 Å². The fourth-order valence-electron chi connectivity index (χ4n) is 12.1. The van der Waals surface area contributed by atoms with E-state index in [0.29, 0.717) is 12.8 Å². The van der Waals surface area contributed by atoms with Gasteiger partial charge in [0.05, 0.1) is 38.6 Å². The molecule has 3 saturated heterocycles. The zero-order chi connectivity index (χ0) is 62.6. The molecule has 3 aliphatic rings. The van der Waals surface area contributed by atoms with Gasteiger partial charge in [0.15, 0.2) is 18.9 Å². The topological polar surface area (TPSA) is 307 Å². The number of unbranched alkanes of at least 4 members (excludes halogenated alkanes) is 36. The lowest BCUT2D eigenvalue weighted by molar-refractivity contribution is -0.379. The molecular formula is C67H127NO18. The molecule has 0 aromatic heterocycles. The third kappa shape index (κ3) is 32.2. The molecule has 0 aliphatic carbocycles. The van der Waals surface area contributed by atoms with Crippen LogP contribution in [-0.2, 0) is 33.2 Å². The van der Waals surface area contributed by atoms with E-state index in [-0.39, 0.29) is 18.9 Å². The van der Waals surface area contributed by atoms with Crippen LogP contribution < -0.4 is 5.32 Å². The molecule has 3 aliphatic heterocycles. The molecule has 12 N–H and O–H groups in total. The van der Waals surface area contributed by atoms with Crippen molar-refractivity contribution in [1.82, 2.24) is 5.32 Å². The smallest absolute Gasteiger partial charge is 0.220 e. The van der Waals surface area contributed by atoms with Gasteiger partial charge >= 0.3 is 0 Å². The Bertz CT molecular complexity index is 1620. The molecule has 0 spiro atoms. The van der Waals surface area contributed by atoms with Gasteiger partial charge in [-0.2, -0.15) is 0 Å². The maximum absolute atomic E-state index is 13.4. The average Bonchev–Trinajstić information content (AvgIpc) is 2.24. The Balaban J connectivity index is 1.43. The molecule has 86 heavy (non-hydrogen) atoms. The number of hydrogen-bond acceptors (Lipinski definition) is 18.